The van der Waals surface area contributed by atoms with Crippen LogP contribution in [-0.4, -0.2) is 48.5 Å². The van der Waals surface area contributed by atoms with E-state index in [4.69, 9.17) is 18.9 Å². The van der Waals surface area contributed by atoms with Gasteiger partial charge in [0.2, 0.25) is 0 Å². The first-order valence-corrected chi connectivity index (χ1v) is 12.7. The topological polar surface area (TPSA) is 99.0 Å². The molecule has 8 nitrogen and oxygen atoms in total. The van der Waals surface area contributed by atoms with Gasteiger partial charge in [-0.05, 0) is 50.1 Å². The predicted molar refractivity (Wildman–Crippen MR) is 132 cm³/mol. The maximum atomic E-state index is 13.5. The SMILES string of the molecule is CCNC(=O)[C@@]1(OCc2ccccc2C#N)C[C@H](OCc2cccc(OC(F)(F)F)c2)[C@@H]2OC(C)(C)O[C@@H]2C1. The van der Waals surface area contributed by atoms with E-state index in [0.717, 1.165) is 0 Å². The molecule has 39 heavy (non-hydrogen) atoms. The standard InChI is InChI=1S/C28H31F3N2O6/c1-4-33-25(34)27(36-17-20-10-6-5-9-19(20)15-32)13-22(24-23(14-27)38-26(2,3)39-24)35-16-18-8-7-11-21(12-18)37-28(29,30)31/h5-12,22-24H,4,13-14,16-17H2,1-3H3,(H,33,34)/t22-,23+,24-,27+/m0/s1. The highest BCUT2D eigenvalue weighted by Gasteiger charge is 2.58. The van der Waals surface area contributed by atoms with Crippen LogP contribution in [0, 0.1) is 11.3 Å². The molecule has 0 spiro atoms. The van der Waals surface area contributed by atoms with Crippen molar-refractivity contribution in [2.45, 2.75) is 82.9 Å². The largest absolute Gasteiger partial charge is 0.573 e. The third kappa shape index (κ3) is 7.08. The average molecular weight is 549 g/mol. The highest BCUT2D eigenvalue weighted by atomic mass is 19.4. The van der Waals surface area contributed by atoms with Crippen LogP contribution in [0.3, 0.4) is 0 Å². The summed E-state index contributed by atoms with van der Waals surface area (Å²) in [5.74, 6) is -1.65. The second-order valence-corrected chi connectivity index (χ2v) is 10.0. The first-order chi connectivity index (χ1) is 18.4. The van der Waals surface area contributed by atoms with Gasteiger partial charge < -0.3 is 29.0 Å². The molecule has 1 N–H and O–H groups in total. The number of rotatable bonds is 9. The van der Waals surface area contributed by atoms with Crippen molar-refractivity contribution < 1.29 is 41.7 Å². The van der Waals surface area contributed by atoms with Gasteiger partial charge in [-0.1, -0.05) is 30.3 Å². The Kier molecular flexibility index (Phi) is 8.51. The van der Waals surface area contributed by atoms with Crippen LogP contribution in [0.15, 0.2) is 48.5 Å². The number of alkyl halides is 3. The number of hydrogen-bond donors (Lipinski definition) is 1. The van der Waals surface area contributed by atoms with Crippen LogP contribution in [0.5, 0.6) is 5.75 Å². The molecule has 1 saturated heterocycles. The summed E-state index contributed by atoms with van der Waals surface area (Å²) in [6.07, 6.45) is -6.29. The summed E-state index contributed by atoms with van der Waals surface area (Å²) in [6.45, 7) is 5.63. The number of fused-ring (bicyclic) bond motifs is 1. The van der Waals surface area contributed by atoms with Gasteiger partial charge in [-0.3, -0.25) is 4.79 Å². The molecule has 1 amide bonds. The number of likely N-dealkylation sites (N-methyl/N-ethyl adjacent to an activating group) is 1. The van der Waals surface area contributed by atoms with E-state index < -0.39 is 36.1 Å². The highest BCUT2D eigenvalue weighted by Crippen LogP contribution is 2.44. The molecule has 4 rings (SSSR count). The summed E-state index contributed by atoms with van der Waals surface area (Å²) in [4.78, 5) is 13.5. The van der Waals surface area contributed by atoms with Gasteiger partial charge in [-0.15, -0.1) is 13.2 Å². The number of halogens is 3. The summed E-state index contributed by atoms with van der Waals surface area (Å²) in [5.41, 5.74) is 0.154. The fourth-order valence-corrected chi connectivity index (χ4v) is 5.04. The van der Waals surface area contributed by atoms with Crippen molar-refractivity contribution in [2.75, 3.05) is 6.54 Å². The van der Waals surface area contributed by atoms with Crippen LogP contribution in [0.2, 0.25) is 0 Å². The molecule has 1 heterocycles. The number of carbonyl (C=O) groups is 1. The summed E-state index contributed by atoms with van der Waals surface area (Å²) >= 11 is 0. The zero-order valence-electron chi connectivity index (χ0n) is 21.9. The summed E-state index contributed by atoms with van der Waals surface area (Å²) in [5, 5.41) is 12.3. The van der Waals surface area contributed by atoms with Gasteiger partial charge >= 0.3 is 6.36 Å². The Hall–Kier alpha value is -3.17. The molecule has 0 unspecified atom stereocenters. The van der Waals surface area contributed by atoms with Crippen molar-refractivity contribution in [2.24, 2.45) is 0 Å². The fourth-order valence-electron chi connectivity index (χ4n) is 5.04. The smallest absolute Gasteiger partial charge is 0.406 e. The number of nitrogens with one attached hydrogen (secondary N) is 1. The first-order valence-electron chi connectivity index (χ1n) is 12.7. The first kappa shape index (κ1) is 28.8. The zero-order chi connectivity index (χ0) is 28.3. The van der Waals surface area contributed by atoms with Crippen molar-refractivity contribution in [3.8, 4) is 11.8 Å². The normalized spacial score (nSPS) is 25.9. The second kappa shape index (κ2) is 11.5. The van der Waals surface area contributed by atoms with Crippen LogP contribution >= 0.6 is 0 Å². The van der Waals surface area contributed by atoms with Crippen molar-refractivity contribution >= 4 is 5.91 Å². The lowest BCUT2D eigenvalue weighted by Crippen LogP contribution is -2.60. The Labute approximate surface area is 224 Å². The van der Waals surface area contributed by atoms with Crippen LogP contribution in [0.25, 0.3) is 0 Å². The van der Waals surface area contributed by atoms with Gasteiger partial charge in [0.05, 0.1) is 37.1 Å². The van der Waals surface area contributed by atoms with E-state index in [2.05, 4.69) is 16.1 Å². The Morgan fingerprint density at radius 3 is 2.62 bits per heavy atom. The van der Waals surface area contributed by atoms with E-state index in [1.807, 2.05) is 0 Å². The maximum Gasteiger partial charge on any atom is 0.573 e. The number of carbonyl (C=O) groups excluding carboxylic acids is 1. The number of hydrogen-bond acceptors (Lipinski definition) is 7. The minimum absolute atomic E-state index is 0.00600. The zero-order valence-corrected chi connectivity index (χ0v) is 21.9. The lowest BCUT2D eigenvalue weighted by atomic mass is 9.78. The van der Waals surface area contributed by atoms with E-state index in [1.54, 1.807) is 51.1 Å². The molecular weight excluding hydrogens is 517 g/mol. The lowest BCUT2D eigenvalue weighted by Gasteiger charge is -2.43. The average Bonchev–Trinajstić information content (AvgIpc) is 3.19. The molecule has 210 valence electrons. The molecule has 1 aliphatic carbocycles. The van der Waals surface area contributed by atoms with E-state index in [0.29, 0.717) is 23.2 Å². The number of nitrogens with zero attached hydrogens (tertiary/aromatic N) is 1. The summed E-state index contributed by atoms with van der Waals surface area (Å²) in [7, 11) is 0. The molecular formula is C28H31F3N2O6. The van der Waals surface area contributed by atoms with Crippen LogP contribution < -0.4 is 10.1 Å². The van der Waals surface area contributed by atoms with Crippen molar-refractivity contribution in [1.29, 1.82) is 5.26 Å². The number of ether oxygens (including phenoxy) is 5. The quantitative estimate of drug-likeness (QED) is 0.483. The van der Waals surface area contributed by atoms with E-state index in [1.165, 1.54) is 18.2 Å². The summed E-state index contributed by atoms with van der Waals surface area (Å²) < 4.78 is 66.8. The van der Waals surface area contributed by atoms with Crippen molar-refractivity contribution in [3.05, 3.63) is 65.2 Å². The number of benzene rings is 2. The molecule has 2 aliphatic rings. The molecule has 1 aliphatic heterocycles. The third-order valence-corrected chi connectivity index (χ3v) is 6.64. The van der Waals surface area contributed by atoms with Crippen LogP contribution in [0.1, 0.15) is 50.3 Å². The Morgan fingerprint density at radius 2 is 1.90 bits per heavy atom. The van der Waals surface area contributed by atoms with Crippen molar-refractivity contribution in [1.82, 2.24) is 5.32 Å². The van der Waals surface area contributed by atoms with Gasteiger partial charge in [0.1, 0.15) is 11.9 Å². The van der Waals surface area contributed by atoms with Gasteiger partial charge in [0.15, 0.2) is 11.4 Å². The molecule has 2 fully saturated rings. The van der Waals surface area contributed by atoms with Gasteiger partial charge in [0, 0.05) is 19.4 Å². The fraction of sp³-hybridized carbons (Fsp3) is 0.500. The van der Waals surface area contributed by atoms with E-state index >= 15 is 0 Å². The van der Waals surface area contributed by atoms with Crippen LogP contribution in [-0.2, 0) is 37.0 Å². The molecule has 0 aromatic heterocycles. The Balaban J connectivity index is 1.59. The molecule has 0 bridgehead atoms. The number of amides is 1. The molecule has 11 heteroatoms. The lowest BCUT2D eigenvalue weighted by molar-refractivity contribution is -0.274. The molecule has 0 radical (unpaired) electrons. The molecule has 4 atom stereocenters. The van der Waals surface area contributed by atoms with Gasteiger partial charge in [0.25, 0.3) is 5.91 Å². The minimum atomic E-state index is -4.82. The highest BCUT2D eigenvalue weighted by molar-refractivity contribution is 5.85. The number of nitriles is 1. The third-order valence-electron chi connectivity index (χ3n) is 6.64. The summed E-state index contributed by atoms with van der Waals surface area (Å²) in [6, 6.07) is 14.6. The van der Waals surface area contributed by atoms with Gasteiger partial charge in [-0.2, -0.15) is 5.26 Å². The van der Waals surface area contributed by atoms with E-state index in [-0.39, 0.29) is 37.7 Å². The van der Waals surface area contributed by atoms with Gasteiger partial charge in [-0.25, -0.2) is 0 Å². The van der Waals surface area contributed by atoms with Crippen LogP contribution in [0.4, 0.5) is 13.2 Å². The molecule has 2 aromatic carbocycles. The Morgan fingerprint density at radius 1 is 1.13 bits per heavy atom. The monoisotopic (exact) mass is 548 g/mol. The minimum Gasteiger partial charge on any atom is -0.406 e. The Bertz CT molecular complexity index is 1210. The maximum absolute atomic E-state index is 13.5. The van der Waals surface area contributed by atoms with E-state index in [9.17, 15) is 23.2 Å². The predicted octanol–water partition coefficient (Wildman–Crippen LogP) is 4.75. The molecule has 1 saturated carbocycles. The van der Waals surface area contributed by atoms with Crippen molar-refractivity contribution in [3.63, 3.8) is 0 Å². The second-order valence-electron chi connectivity index (χ2n) is 10.0. The molecule has 2 aromatic rings.